The van der Waals surface area contributed by atoms with Crippen molar-refractivity contribution in [3.05, 3.63) is 59.5 Å². The second-order valence-electron chi connectivity index (χ2n) is 7.59. The highest BCUT2D eigenvalue weighted by molar-refractivity contribution is 5.78. The van der Waals surface area contributed by atoms with Gasteiger partial charge in [0.15, 0.2) is 0 Å². The summed E-state index contributed by atoms with van der Waals surface area (Å²) in [6.07, 6.45) is 0.826. The molecule has 0 radical (unpaired) electrons. The van der Waals surface area contributed by atoms with E-state index in [1.165, 1.54) is 5.56 Å². The van der Waals surface area contributed by atoms with Crippen LogP contribution in [0.25, 0.3) is 0 Å². The highest BCUT2D eigenvalue weighted by atomic mass is 16.3. The molecule has 0 aliphatic carbocycles. The van der Waals surface area contributed by atoms with E-state index in [4.69, 9.17) is 4.42 Å². The summed E-state index contributed by atoms with van der Waals surface area (Å²) in [4.78, 5) is 14.6. The zero-order valence-corrected chi connectivity index (χ0v) is 16.3. The minimum atomic E-state index is 0.0226. The Labute approximate surface area is 156 Å². The number of nitrogens with one attached hydrogen (secondary N) is 2. The predicted octanol–water partition coefficient (Wildman–Crippen LogP) is 3.09. The highest BCUT2D eigenvalue weighted by Crippen LogP contribution is 2.11. The van der Waals surface area contributed by atoms with Crippen molar-refractivity contribution >= 4 is 5.91 Å². The van der Waals surface area contributed by atoms with Gasteiger partial charge >= 0.3 is 0 Å². The molecule has 0 bridgehead atoms. The molecular formula is C21H31N3O2. The van der Waals surface area contributed by atoms with Crippen molar-refractivity contribution in [2.75, 3.05) is 19.8 Å². The SMILES string of the molecule is Cc1ccc(CN(CCc2ccccc2)C(=O)CNCNC(C)(C)C)o1. The Balaban J connectivity index is 1.91. The minimum Gasteiger partial charge on any atom is -0.464 e. The van der Waals surface area contributed by atoms with Crippen molar-refractivity contribution in [3.63, 3.8) is 0 Å². The fourth-order valence-corrected chi connectivity index (χ4v) is 2.57. The molecule has 0 fully saturated rings. The second kappa shape index (κ2) is 9.55. The molecule has 0 aliphatic rings. The van der Waals surface area contributed by atoms with Crippen LogP contribution >= 0.6 is 0 Å². The van der Waals surface area contributed by atoms with Gasteiger partial charge in [-0.05, 0) is 51.8 Å². The van der Waals surface area contributed by atoms with E-state index in [0.29, 0.717) is 26.3 Å². The number of hydrogen-bond acceptors (Lipinski definition) is 4. The molecule has 2 aromatic rings. The summed E-state index contributed by atoms with van der Waals surface area (Å²) in [7, 11) is 0. The van der Waals surface area contributed by atoms with Gasteiger partial charge < -0.3 is 9.32 Å². The number of hydrogen-bond donors (Lipinski definition) is 2. The third-order valence-electron chi connectivity index (χ3n) is 4.03. The third-order valence-corrected chi connectivity index (χ3v) is 4.03. The Kier molecular flexibility index (Phi) is 7.42. The van der Waals surface area contributed by atoms with Crippen LogP contribution in [0.2, 0.25) is 0 Å². The molecule has 1 aromatic heterocycles. The first-order chi connectivity index (χ1) is 12.3. The summed E-state index contributed by atoms with van der Waals surface area (Å²) in [6.45, 7) is 10.3. The summed E-state index contributed by atoms with van der Waals surface area (Å²) in [6, 6.07) is 14.1. The van der Waals surface area contributed by atoms with Gasteiger partial charge in [0, 0.05) is 18.8 Å². The van der Waals surface area contributed by atoms with Gasteiger partial charge in [-0.1, -0.05) is 30.3 Å². The molecule has 2 N–H and O–H groups in total. The Hall–Kier alpha value is -2.11. The van der Waals surface area contributed by atoms with Crippen LogP contribution in [-0.2, 0) is 17.8 Å². The molecule has 1 aromatic carbocycles. The highest BCUT2D eigenvalue weighted by Gasteiger charge is 2.16. The number of nitrogens with zero attached hydrogens (tertiary/aromatic N) is 1. The first kappa shape index (κ1) is 20.2. The maximum absolute atomic E-state index is 12.7. The zero-order valence-electron chi connectivity index (χ0n) is 16.3. The topological polar surface area (TPSA) is 57.5 Å². The van der Waals surface area contributed by atoms with Crippen LogP contribution in [0.15, 0.2) is 46.9 Å². The number of aryl methyl sites for hydroxylation is 1. The number of benzene rings is 1. The maximum Gasteiger partial charge on any atom is 0.236 e. The van der Waals surface area contributed by atoms with Crippen LogP contribution in [0.5, 0.6) is 0 Å². The standard InChI is InChI=1S/C21H31N3O2/c1-17-10-11-19(26-17)15-24(13-12-18-8-6-5-7-9-18)20(25)14-22-16-23-21(2,3)4/h5-11,22-23H,12-16H2,1-4H3. The maximum atomic E-state index is 12.7. The van der Waals surface area contributed by atoms with E-state index in [1.807, 2.05) is 42.2 Å². The third kappa shape index (κ3) is 7.42. The molecule has 0 spiro atoms. The van der Waals surface area contributed by atoms with Crippen LogP contribution in [-0.4, -0.2) is 36.1 Å². The first-order valence-corrected chi connectivity index (χ1v) is 9.16. The molecule has 2 rings (SSSR count). The van der Waals surface area contributed by atoms with E-state index in [1.54, 1.807) is 0 Å². The van der Waals surface area contributed by atoms with E-state index < -0.39 is 0 Å². The average Bonchev–Trinajstić information content (AvgIpc) is 3.00. The lowest BCUT2D eigenvalue weighted by molar-refractivity contribution is -0.131. The molecule has 142 valence electrons. The summed E-state index contributed by atoms with van der Waals surface area (Å²) < 4.78 is 5.66. The Morgan fingerprint density at radius 1 is 1.12 bits per heavy atom. The molecule has 26 heavy (non-hydrogen) atoms. The lowest BCUT2D eigenvalue weighted by atomic mass is 10.1. The van der Waals surface area contributed by atoms with Gasteiger partial charge in [0.05, 0.1) is 13.1 Å². The first-order valence-electron chi connectivity index (χ1n) is 9.16. The van der Waals surface area contributed by atoms with Crippen LogP contribution in [0.4, 0.5) is 0 Å². The van der Waals surface area contributed by atoms with Gasteiger partial charge in [0.25, 0.3) is 0 Å². The molecule has 0 atom stereocenters. The molecular weight excluding hydrogens is 326 g/mol. The largest absolute Gasteiger partial charge is 0.464 e. The molecule has 0 saturated carbocycles. The summed E-state index contributed by atoms with van der Waals surface area (Å²) in [5.74, 6) is 1.75. The van der Waals surface area contributed by atoms with Gasteiger partial charge in [-0.2, -0.15) is 0 Å². The minimum absolute atomic E-state index is 0.0226. The summed E-state index contributed by atoms with van der Waals surface area (Å²) in [5, 5.41) is 6.51. The van der Waals surface area contributed by atoms with E-state index in [0.717, 1.165) is 17.9 Å². The number of rotatable bonds is 9. The van der Waals surface area contributed by atoms with Crippen molar-refractivity contribution in [1.29, 1.82) is 0 Å². The summed E-state index contributed by atoms with van der Waals surface area (Å²) >= 11 is 0. The van der Waals surface area contributed by atoms with E-state index in [2.05, 4.69) is 43.5 Å². The van der Waals surface area contributed by atoms with Crippen molar-refractivity contribution < 1.29 is 9.21 Å². The lowest BCUT2D eigenvalue weighted by Gasteiger charge is -2.24. The van der Waals surface area contributed by atoms with Crippen LogP contribution in [0, 0.1) is 6.92 Å². The predicted molar refractivity (Wildman–Crippen MR) is 105 cm³/mol. The van der Waals surface area contributed by atoms with Crippen LogP contribution in [0.3, 0.4) is 0 Å². The van der Waals surface area contributed by atoms with Crippen LogP contribution < -0.4 is 10.6 Å². The Bertz CT molecular complexity index is 674. The number of furan rings is 1. The van der Waals surface area contributed by atoms with Crippen LogP contribution in [0.1, 0.15) is 37.9 Å². The van der Waals surface area contributed by atoms with Crippen molar-refractivity contribution in [2.24, 2.45) is 0 Å². The lowest BCUT2D eigenvalue weighted by Crippen LogP contribution is -2.46. The molecule has 5 nitrogen and oxygen atoms in total. The van der Waals surface area contributed by atoms with Gasteiger partial charge in [-0.25, -0.2) is 0 Å². The fourth-order valence-electron chi connectivity index (χ4n) is 2.57. The van der Waals surface area contributed by atoms with Gasteiger partial charge in [0.2, 0.25) is 5.91 Å². The molecule has 0 aliphatic heterocycles. The number of carbonyl (C=O) groups is 1. The molecule has 0 unspecified atom stereocenters. The van der Waals surface area contributed by atoms with Crippen molar-refractivity contribution in [3.8, 4) is 0 Å². The van der Waals surface area contributed by atoms with Crippen molar-refractivity contribution in [1.82, 2.24) is 15.5 Å². The molecule has 1 amide bonds. The van der Waals surface area contributed by atoms with Gasteiger partial charge in [-0.15, -0.1) is 0 Å². The molecule has 5 heteroatoms. The zero-order chi connectivity index (χ0) is 19.0. The van der Waals surface area contributed by atoms with E-state index in [-0.39, 0.29) is 11.4 Å². The Morgan fingerprint density at radius 2 is 1.85 bits per heavy atom. The molecule has 1 heterocycles. The normalized spacial score (nSPS) is 11.5. The second-order valence-corrected chi connectivity index (χ2v) is 7.59. The summed E-state index contributed by atoms with van der Waals surface area (Å²) in [5.41, 5.74) is 1.25. The monoisotopic (exact) mass is 357 g/mol. The molecule has 0 saturated heterocycles. The van der Waals surface area contributed by atoms with E-state index in [9.17, 15) is 4.79 Å². The van der Waals surface area contributed by atoms with Gasteiger partial charge in [0.1, 0.15) is 11.5 Å². The Morgan fingerprint density at radius 3 is 2.46 bits per heavy atom. The number of amides is 1. The fraction of sp³-hybridized carbons (Fsp3) is 0.476. The number of carbonyl (C=O) groups excluding carboxylic acids is 1. The smallest absolute Gasteiger partial charge is 0.236 e. The van der Waals surface area contributed by atoms with Gasteiger partial charge in [-0.3, -0.25) is 15.4 Å². The quantitative estimate of drug-likeness (QED) is 0.535. The van der Waals surface area contributed by atoms with E-state index >= 15 is 0 Å². The average molecular weight is 357 g/mol. The van der Waals surface area contributed by atoms with Crippen molar-refractivity contribution in [2.45, 2.75) is 46.2 Å².